The van der Waals surface area contributed by atoms with E-state index in [1.165, 1.54) is 0 Å². The molecule has 0 aliphatic heterocycles. The minimum absolute atomic E-state index is 0.0215. The Bertz CT molecular complexity index is 422. The zero-order chi connectivity index (χ0) is 14.4. The summed E-state index contributed by atoms with van der Waals surface area (Å²) in [5.41, 5.74) is 1.01. The van der Waals surface area contributed by atoms with E-state index < -0.39 is 0 Å². The number of amides is 1. The molecular formula is C15H23ClN2O. The van der Waals surface area contributed by atoms with E-state index in [2.05, 4.69) is 17.6 Å². The highest BCUT2D eigenvalue weighted by molar-refractivity contribution is 6.31. The number of rotatable bonds is 6. The Hall–Kier alpha value is -1.06. The summed E-state index contributed by atoms with van der Waals surface area (Å²) in [5.74, 6) is 0.0215. The third-order valence-electron chi connectivity index (χ3n) is 3.27. The highest BCUT2D eigenvalue weighted by Gasteiger charge is 2.18. The number of hydrogen-bond acceptors (Lipinski definition) is 2. The van der Waals surface area contributed by atoms with Crippen LogP contribution < -0.4 is 10.6 Å². The van der Waals surface area contributed by atoms with Gasteiger partial charge in [0.05, 0.1) is 6.04 Å². The van der Waals surface area contributed by atoms with Crippen LogP contribution in [0.25, 0.3) is 0 Å². The van der Waals surface area contributed by atoms with Crippen LogP contribution in [0.3, 0.4) is 0 Å². The fraction of sp³-hybridized carbons (Fsp3) is 0.533. The molecule has 0 fully saturated rings. The molecule has 0 aliphatic carbocycles. The van der Waals surface area contributed by atoms with Crippen LogP contribution in [-0.4, -0.2) is 18.0 Å². The Balaban J connectivity index is 2.59. The Morgan fingerprint density at radius 3 is 2.47 bits per heavy atom. The van der Waals surface area contributed by atoms with Crippen molar-refractivity contribution in [1.29, 1.82) is 0 Å². The van der Waals surface area contributed by atoms with Crippen molar-refractivity contribution in [2.24, 2.45) is 0 Å². The van der Waals surface area contributed by atoms with Gasteiger partial charge in [-0.15, -0.1) is 0 Å². The molecule has 0 radical (unpaired) electrons. The molecule has 1 aromatic carbocycles. The summed E-state index contributed by atoms with van der Waals surface area (Å²) >= 11 is 6.15. The third-order valence-corrected chi connectivity index (χ3v) is 3.61. The normalized spacial score (nSPS) is 15.6. The highest BCUT2D eigenvalue weighted by atomic mass is 35.5. The van der Waals surface area contributed by atoms with E-state index in [9.17, 15) is 4.79 Å². The molecule has 0 heterocycles. The molecule has 0 saturated carbocycles. The summed E-state index contributed by atoms with van der Waals surface area (Å²) in [6.07, 6.45) is 0.929. The van der Waals surface area contributed by atoms with Crippen LogP contribution in [-0.2, 0) is 4.79 Å². The van der Waals surface area contributed by atoms with Crippen LogP contribution in [0.4, 0.5) is 0 Å². The second-order valence-corrected chi connectivity index (χ2v) is 5.36. The number of carbonyl (C=O) groups is 1. The molecule has 0 aliphatic rings. The standard InChI is InChI=1S/C15H23ClN2O/c1-5-10(2)17-15(19)12(4)18-11(3)13-8-6-7-9-14(13)16/h6-12,18H,5H2,1-4H3,(H,17,19)/t10?,11-,12?/m1/s1. The minimum Gasteiger partial charge on any atom is -0.352 e. The van der Waals surface area contributed by atoms with E-state index in [4.69, 9.17) is 11.6 Å². The van der Waals surface area contributed by atoms with Crippen molar-refractivity contribution in [3.8, 4) is 0 Å². The van der Waals surface area contributed by atoms with Crippen molar-refractivity contribution in [3.05, 3.63) is 34.9 Å². The fourth-order valence-electron chi connectivity index (χ4n) is 1.84. The molecule has 4 heteroatoms. The topological polar surface area (TPSA) is 41.1 Å². The zero-order valence-electron chi connectivity index (χ0n) is 12.0. The molecule has 1 amide bonds. The van der Waals surface area contributed by atoms with Gasteiger partial charge in [0.25, 0.3) is 0 Å². The third kappa shape index (κ3) is 4.84. The first-order valence-corrected chi connectivity index (χ1v) is 7.14. The van der Waals surface area contributed by atoms with E-state index in [0.717, 1.165) is 17.0 Å². The van der Waals surface area contributed by atoms with E-state index in [1.54, 1.807) is 0 Å². The summed E-state index contributed by atoms with van der Waals surface area (Å²) in [6, 6.07) is 7.66. The maximum atomic E-state index is 12.0. The van der Waals surface area contributed by atoms with E-state index in [-0.39, 0.29) is 24.0 Å². The molecule has 0 saturated heterocycles. The molecule has 1 rings (SSSR count). The first-order chi connectivity index (χ1) is 8.95. The van der Waals surface area contributed by atoms with Crippen LogP contribution in [0.15, 0.2) is 24.3 Å². The first kappa shape index (κ1) is 16.0. The lowest BCUT2D eigenvalue weighted by Crippen LogP contribution is -2.46. The SMILES string of the molecule is CCC(C)NC(=O)C(C)N[C@H](C)c1ccccc1Cl. The van der Waals surface area contributed by atoms with Gasteiger partial charge < -0.3 is 5.32 Å². The fourth-order valence-corrected chi connectivity index (χ4v) is 2.14. The number of halogens is 1. The Morgan fingerprint density at radius 2 is 1.89 bits per heavy atom. The average molecular weight is 283 g/mol. The predicted molar refractivity (Wildman–Crippen MR) is 80.4 cm³/mol. The highest BCUT2D eigenvalue weighted by Crippen LogP contribution is 2.22. The molecule has 1 aromatic rings. The van der Waals surface area contributed by atoms with E-state index in [0.29, 0.717) is 0 Å². The summed E-state index contributed by atoms with van der Waals surface area (Å²) in [6.45, 7) is 7.93. The van der Waals surface area contributed by atoms with Gasteiger partial charge in [-0.2, -0.15) is 0 Å². The number of nitrogens with one attached hydrogen (secondary N) is 2. The van der Waals surface area contributed by atoms with Gasteiger partial charge in [-0.05, 0) is 38.8 Å². The van der Waals surface area contributed by atoms with Gasteiger partial charge in [-0.3, -0.25) is 10.1 Å². The molecule has 2 N–H and O–H groups in total. The summed E-state index contributed by atoms with van der Waals surface area (Å²) in [7, 11) is 0. The zero-order valence-corrected chi connectivity index (χ0v) is 12.8. The lowest BCUT2D eigenvalue weighted by atomic mass is 10.1. The van der Waals surface area contributed by atoms with Crippen molar-refractivity contribution < 1.29 is 4.79 Å². The van der Waals surface area contributed by atoms with Crippen LogP contribution in [0.1, 0.15) is 45.7 Å². The Kier molecular flexibility index (Phi) is 6.32. The molecular weight excluding hydrogens is 260 g/mol. The van der Waals surface area contributed by atoms with Gasteiger partial charge >= 0.3 is 0 Å². The smallest absolute Gasteiger partial charge is 0.237 e. The quantitative estimate of drug-likeness (QED) is 0.841. The van der Waals surface area contributed by atoms with Crippen LogP contribution in [0.2, 0.25) is 5.02 Å². The Labute approximate surface area is 120 Å². The molecule has 3 atom stereocenters. The number of benzene rings is 1. The molecule has 0 bridgehead atoms. The van der Waals surface area contributed by atoms with Crippen LogP contribution in [0, 0.1) is 0 Å². The molecule has 19 heavy (non-hydrogen) atoms. The van der Waals surface area contributed by atoms with Gasteiger partial charge in [0.1, 0.15) is 0 Å². The lowest BCUT2D eigenvalue weighted by molar-refractivity contribution is -0.123. The van der Waals surface area contributed by atoms with Crippen molar-refractivity contribution in [2.45, 2.75) is 52.2 Å². The number of carbonyl (C=O) groups excluding carboxylic acids is 1. The first-order valence-electron chi connectivity index (χ1n) is 6.76. The molecule has 3 nitrogen and oxygen atoms in total. The molecule has 0 spiro atoms. The summed E-state index contributed by atoms with van der Waals surface area (Å²) in [4.78, 5) is 12.0. The molecule has 2 unspecified atom stereocenters. The average Bonchev–Trinajstić information content (AvgIpc) is 2.38. The van der Waals surface area contributed by atoms with Crippen LogP contribution in [0.5, 0.6) is 0 Å². The second kappa shape index (κ2) is 7.51. The second-order valence-electron chi connectivity index (χ2n) is 4.95. The summed E-state index contributed by atoms with van der Waals surface area (Å²) < 4.78 is 0. The van der Waals surface area contributed by atoms with Gasteiger partial charge in [0.2, 0.25) is 5.91 Å². The predicted octanol–water partition coefficient (Wildman–Crippen LogP) is 3.29. The lowest BCUT2D eigenvalue weighted by Gasteiger charge is -2.22. The van der Waals surface area contributed by atoms with Gasteiger partial charge in [0.15, 0.2) is 0 Å². The Morgan fingerprint density at radius 1 is 1.26 bits per heavy atom. The maximum absolute atomic E-state index is 12.0. The van der Waals surface area contributed by atoms with Gasteiger partial charge in [-0.25, -0.2) is 0 Å². The van der Waals surface area contributed by atoms with Crippen molar-refractivity contribution in [1.82, 2.24) is 10.6 Å². The summed E-state index contributed by atoms with van der Waals surface area (Å²) in [5, 5.41) is 6.96. The van der Waals surface area contributed by atoms with E-state index in [1.807, 2.05) is 45.0 Å². The largest absolute Gasteiger partial charge is 0.352 e. The van der Waals surface area contributed by atoms with Gasteiger partial charge in [-0.1, -0.05) is 36.7 Å². The van der Waals surface area contributed by atoms with E-state index >= 15 is 0 Å². The van der Waals surface area contributed by atoms with Gasteiger partial charge in [0, 0.05) is 17.1 Å². The van der Waals surface area contributed by atoms with Crippen molar-refractivity contribution in [2.75, 3.05) is 0 Å². The number of hydrogen-bond donors (Lipinski definition) is 2. The minimum atomic E-state index is -0.250. The van der Waals surface area contributed by atoms with Crippen molar-refractivity contribution >= 4 is 17.5 Å². The van der Waals surface area contributed by atoms with Crippen molar-refractivity contribution in [3.63, 3.8) is 0 Å². The van der Waals surface area contributed by atoms with Crippen LogP contribution >= 0.6 is 11.6 Å². The maximum Gasteiger partial charge on any atom is 0.237 e. The molecule has 0 aromatic heterocycles. The monoisotopic (exact) mass is 282 g/mol. The molecule has 106 valence electrons.